The van der Waals surface area contributed by atoms with Gasteiger partial charge in [0.1, 0.15) is 0 Å². The van der Waals surface area contributed by atoms with Crippen LogP contribution < -0.4 is 5.32 Å². The Balaban J connectivity index is 3.90. The number of rotatable bonds is 10. The molecular formula is C14H33N3. The van der Waals surface area contributed by atoms with E-state index in [4.69, 9.17) is 0 Å². The molecule has 2 atom stereocenters. The van der Waals surface area contributed by atoms with E-state index < -0.39 is 0 Å². The number of nitrogens with zero attached hydrogens (tertiary/aromatic N) is 2. The normalized spacial score (nSPS) is 15.5. The number of nitrogens with one attached hydrogen (secondary N) is 1. The van der Waals surface area contributed by atoms with Gasteiger partial charge in [-0.1, -0.05) is 13.8 Å². The molecule has 0 saturated heterocycles. The van der Waals surface area contributed by atoms with E-state index >= 15 is 0 Å². The molecule has 0 bridgehead atoms. The molecule has 0 aromatic heterocycles. The van der Waals surface area contributed by atoms with Crippen LogP contribution >= 0.6 is 0 Å². The van der Waals surface area contributed by atoms with E-state index in [-0.39, 0.29) is 0 Å². The first kappa shape index (κ1) is 16.9. The Morgan fingerprint density at radius 1 is 1.06 bits per heavy atom. The molecule has 0 spiro atoms. The lowest BCUT2D eigenvalue weighted by atomic mass is 10.1. The van der Waals surface area contributed by atoms with Gasteiger partial charge in [0, 0.05) is 12.1 Å². The molecule has 17 heavy (non-hydrogen) atoms. The smallest absolute Gasteiger partial charge is 0.00815 e. The van der Waals surface area contributed by atoms with Crippen LogP contribution in [-0.4, -0.2) is 62.2 Å². The summed E-state index contributed by atoms with van der Waals surface area (Å²) in [7, 11) is 4.29. The molecule has 0 aliphatic heterocycles. The summed E-state index contributed by atoms with van der Waals surface area (Å²) in [6.45, 7) is 13.7. The van der Waals surface area contributed by atoms with Crippen LogP contribution in [0.4, 0.5) is 0 Å². The van der Waals surface area contributed by atoms with Gasteiger partial charge >= 0.3 is 0 Å². The molecule has 0 aromatic rings. The molecule has 0 saturated carbocycles. The third-order valence-corrected chi connectivity index (χ3v) is 3.33. The molecule has 0 aliphatic carbocycles. The summed E-state index contributed by atoms with van der Waals surface area (Å²) in [6.07, 6.45) is 2.50. The Bertz CT molecular complexity index is 171. The Hall–Kier alpha value is -0.120. The topological polar surface area (TPSA) is 18.5 Å². The van der Waals surface area contributed by atoms with Crippen molar-refractivity contribution in [1.82, 2.24) is 15.1 Å². The summed E-state index contributed by atoms with van der Waals surface area (Å²) in [5.74, 6) is 0. The first-order valence-electron chi connectivity index (χ1n) is 7.13. The van der Waals surface area contributed by atoms with Crippen LogP contribution in [0.1, 0.15) is 40.5 Å². The van der Waals surface area contributed by atoms with Crippen LogP contribution in [0.2, 0.25) is 0 Å². The zero-order chi connectivity index (χ0) is 13.3. The highest BCUT2D eigenvalue weighted by atomic mass is 15.2. The van der Waals surface area contributed by atoms with E-state index in [9.17, 15) is 0 Å². The van der Waals surface area contributed by atoms with Crippen LogP contribution in [0.5, 0.6) is 0 Å². The molecular weight excluding hydrogens is 210 g/mol. The maximum atomic E-state index is 3.49. The van der Waals surface area contributed by atoms with E-state index in [0.717, 1.165) is 13.1 Å². The number of hydrogen-bond donors (Lipinski definition) is 1. The fourth-order valence-corrected chi connectivity index (χ4v) is 2.37. The molecule has 0 aliphatic rings. The van der Waals surface area contributed by atoms with Gasteiger partial charge in [0.25, 0.3) is 0 Å². The minimum absolute atomic E-state index is 0.623. The first-order chi connectivity index (χ1) is 8.01. The standard InChI is InChI=1S/C14H33N3/c1-7-15-13(3)12-14(4)17(8-2)11-9-10-16(5)6/h13-15H,7-12H2,1-6H3. The van der Waals surface area contributed by atoms with Crippen LogP contribution in [0.3, 0.4) is 0 Å². The highest BCUT2D eigenvalue weighted by Crippen LogP contribution is 2.07. The summed E-state index contributed by atoms with van der Waals surface area (Å²) in [6, 6.07) is 1.30. The minimum atomic E-state index is 0.623. The average Bonchev–Trinajstić information content (AvgIpc) is 2.24. The third-order valence-electron chi connectivity index (χ3n) is 3.33. The van der Waals surface area contributed by atoms with Crippen molar-refractivity contribution in [1.29, 1.82) is 0 Å². The minimum Gasteiger partial charge on any atom is -0.314 e. The van der Waals surface area contributed by atoms with Crippen molar-refractivity contribution in [2.75, 3.05) is 40.3 Å². The molecule has 0 aromatic carbocycles. The zero-order valence-corrected chi connectivity index (χ0v) is 12.8. The van der Waals surface area contributed by atoms with E-state index in [1.54, 1.807) is 0 Å². The maximum absolute atomic E-state index is 3.49. The highest BCUT2D eigenvalue weighted by Gasteiger charge is 2.14. The molecule has 0 heterocycles. The third kappa shape index (κ3) is 8.58. The molecule has 2 unspecified atom stereocenters. The molecule has 3 nitrogen and oxygen atoms in total. The summed E-state index contributed by atoms with van der Waals surface area (Å²) in [4.78, 5) is 4.86. The van der Waals surface area contributed by atoms with Crippen LogP contribution in [0.15, 0.2) is 0 Å². The monoisotopic (exact) mass is 243 g/mol. The van der Waals surface area contributed by atoms with Crippen LogP contribution in [-0.2, 0) is 0 Å². The second kappa shape index (κ2) is 9.86. The largest absolute Gasteiger partial charge is 0.314 e. The van der Waals surface area contributed by atoms with Gasteiger partial charge in [0.2, 0.25) is 0 Å². The van der Waals surface area contributed by atoms with Crippen molar-refractivity contribution >= 4 is 0 Å². The van der Waals surface area contributed by atoms with Crippen molar-refractivity contribution in [3.63, 3.8) is 0 Å². The van der Waals surface area contributed by atoms with Crippen LogP contribution in [0, 0.1) is 0 Å². The lowest BCUT2D eigenvalue weighted by molar-refractivity contribution is 0.189. The van der Waals surface area contributed by atoms with E-state index in [2.05, 4.69) is 56.9 Å². The fourth-order valence-electron chi connectivity index (χ4n) is 2.37. The molecule has 1 N–H and O–H groups in total. The second-order valence-electron chi connectivity index (χ2n) is 5.33. The SMILES string of the molecule is CCNC(C)CC(C)N(CC)CCCN(C)C. The van der Waals surface area contributed by atoms with Gasteiger partial charge in [-0.25, -0.2) is 0 Å². The Morgan fingerprint density at radius 3 is 2.18 bits per heavy atom. The second-order valence-corrected chi connectivity index (χ2v) is 5.33. The van der Waals surface area contributed by atoms with E-state index in [1.165, 1.54) is 25.9 Å². The molecule has 104 valence electrons. The van der Waals surface area contributed by atoms with Crippen molar-refractivity contribution in [3.05, 3.63) is 0 Å². The summed E-state index contributed by atoms with van der Waals surface area (Å²) >= 11 is 0. The summed E-state index contributed by atoms with van der Waals surface area (Å²) in [5.41, 5.74) is 0. The zero-order valence-electron chi connectivity index (χ0n) is 12.8. The van der Waals surface area contributed by atoms with Crippen molar-refractivity contribution in [3.8, 4) is 0 Å². The van der Waals surface area contributed by atoms with Gasteiger partial charge in [-0.05, 0) is 67.0 Å². The van der Waals surface area contributed by atoms with Crippen molar-refractivity contribution < 1.29 is 0 Å². The average molecular weight is 243 g/mol. The van der Waals surface area contributed by atoms with Gasteiger partial charge in [-0.3, -0.25) is 0 Å². The molecule has 3 heteroatoms. The van der Waals surface area contributed by atoms with Gasteiger partial charge in [-0.2, -0.15) is 0 Å². The lowest BCUT2D eigenvalue weighted by Crippen LogP contribution is -2.39. The van der Waals surface area contributed by atoms with Crippen molar-refractivity contribution in [2.45, 2.75) is 52.6 Å². The fraction of sp³-hybridized carbons (Fsp3) is 1.00. The number of hydrogen-bond acceptors (Lipinski definition) is 3. The molecule has 0 rings (SSSR count). The molecule has 0 radical (unpaired) electrons. The molecule has 0 fully saturated rings. The van der Waals surface area contributed by atoms with Gasteiger partial charge in [0.15, 0.2) is 0 Å². The van der Waals surface area contributed by atoms with Crippen molar-refractivity contribution in [2.24, 2.45) is 0 Å². The quantitative estimate of drug-likeness (QED) is 0.633. The van der Waals surface area contributed by atoms with Gasteiger partial charge in [0.05, 0.1) is 0 Å². The predicted molar refractivity (Wildman–Crippen MR) is 77.6 cm³/mol. The van der Waals surface area contributed by atoms with Gasteiger partial charge < -0.3 is 15.1 Å². The molecule has 0 amide bonds. The maximum Gasteiger partial charge on any atom is 0.00815 e. The Morgan fingerprint density at radius 2 is 1.71 bits per heavy atom. The predicted octanol–water partition coefficient (Wildman–Crippen LogP) is 2.04. The van der Waals surface area contributed by atoms with E-state index in [0.29, 0.717) is 12.1 Å². The lowest BCUT2D eigenvalue weighted by Gasteiger charge is -2.30. The Labute approximate surface area is 109 Å². The summed E-state index contributed by atoms with van der Waals surface area (Å²) < 4.78 is 0. The summed E-state index contributed by atoms with van der Waals surface area (Å²) in [5, 5.41) is 3.49. The van der Waals surface area contributed by atoms with E-state index in [1.807, 2.05) is 0 Å². The van der Waals surface area contributed by atoms with Crippen LogP contribution in [0.25, 0.3) is 0 Å². The highest BCUT2D eigenvalue weighted by molar-refractivity contribution is 4.72. The first-order valence-corrected chi connectivity index (χ1v) is 7.13. The Kier molecular flexibility index (Phi) is 9.79. The van der Waals surface area contributed by atoms with Gasteiger partial charge in [-0.15, -0.1) is 0 Å².